The van der Waals surface area contributed by atoms with Crippen molar-refractivity contribution >= 4 is 11.6 Å². The zero-order valence-electron chi connectivity index (χ0n) is 11.8. The van der Waals surface area contributed by atoms with Crippen molar-refractivity contribution in [3.8, 4) is 11.5 Å². The number of hydrogen-bond donors (Lipinski definition) is 1. The van der Waals surface area contributed by atoms with Gasteiger partial charge in [-0.25, -0.2) is 0 Å². The second-order valence-corrected chi connectivity index (χ2v) is 5.82. The maximum atomic E-state index is 6.13. The number of ether oxygens (including phenoxy) is 2. The summed E-state index contributed by atoms with van der Waals surface area (Å²) >= 11 is 6.13. The van der Waals surface area contributed by atoms with Crippen LogP contribution < -0.4 is 14.8 Å². The summed E-state index contributed by atoms with van der Waals surface area (Å²) in [4.78, 5) is 0. The van der Waals surface area contributed by atoms with Gasteiger partial charge < -0.3 is 14.8 Å². The molecule has 0 unspecified atom stereocenters. The van der Waals surface area contributed by atoms with Gasteiger partial charge >= 0.3 is 0 Å². The maximum Gasteiger partial charge on any atom is 0.165 e. The molecule has 1 N–H and O–H groups in total. The average Bonchev–Trinajstić information content (AvgIpc) is 3.18. The Bertz CT molecular complexity index is 430. The lowest BCUT2D eigenvalue weighted by atomic mass is 10.1. The van der Waals surface area contributed by atoms with Gasteiger partial charge in [0.25, 0.3) is 0 Å². The molecular weight excluding hydrogens is 262 g/mol. The number of rotatable bonds is 7. The van der Waals surface area contributed by atoms with Crippen LogP contribution in [0.15, 0.2) is 12.1 Å². The first-order valence-electron chi connectivity index (χ1n) is 6.82. The van der Waals surface area contributed by atoms with Crippen LogP contribution >= 0.6 is 11.6 Å². The molecule has 0 amide bonds. The van der Waals surface area contributed by atoms with E-state index in [0.29, 0.717) is 22.7 Å². The van der Waals surface area contributed by atoms with Gasteiger partial charge in [-0.2, -0.15) is 0 Å². The Kier molecular flexibility index (Phi) is 4.94. The summed E-state index contributed by atoms with van der Waals surface area (Å²) in [5.74, 6) is 2.26. The minimum absolute atomic E-state index is 0.418. The Morgan fingerprint density at radius 2 is 2.11 bits per heavy atom. The van der Waals surface area contributed by atoms with Gasteiger partial charge in [-0.15, -0.1) is 0 Å². The van der Waals surface area contributed by atoms with Crippen molar-refractivity contribution in [2.24, 2.45) is 5.92 Å². The van der Waals surface area contributed by atoms with Gasteiger partial charge in [0.1, 0.15) is 0 Å². The summed E-state index contributed by atoms with van der Waals surface area (Å²) in [5, 5.41) is 4.07. The van der Waals surface area contributed by atoms with E-state index < -0.39 is 0 Å². The largest absolute Gasteiger partial charge is 0.493 e. The zero-order valence-corrected chi connectivity index (χ0v) is 12.6. The van der Waals surface area contributed by atoms with Crippen molar-refractivity contribution in [3.05, 3.63) is 22.7 Å². The number of hydrogen-bond acceptors (Lipinski definition) is 3. The molecule has 4 heteroatoms. The lowest BCUT2D eigenvalue weighted by Crippen LogP contribution is -2.22. The summed E-state index contributed by atoms with van der Waals surface area (Å²) < 4.78 is 11.3. The second-order valence-electron chi connectivity index (χ2n) is 5.39. The second kappa shape index (κ2) is 6.49. The normalized spacial score (nSPS) is 14.8. The highest BCUT2D eigenvalue weighted by Crippen LogP contribution is 2.37. The van der Waals surface area contributed by atoms with Crippen molar-refractivity contribution < 1.29 is 9.47 Å². The molecule has 0 aromatic heterocycles. The molecule has 0 bridgehead atoms. The molecule has 1 fully saturated rings. The Labute approximate surface area is 120 Å². The highest BCUT2D eigenvalue weighted by atomic mass is 35.5. The molecule has 2 rings (SSSR count). The van der Waals surface area contributed by atoms with Crippen LogP contribution in [0.25, 0.3) is 0 Å². The highest BCUT2D eigenvalue weighted by molar-refractivity contribution is 6.30. The minimum atomic E-state index is 0.418. The lowest BCUT2D eigenvalue weighted by molar-refractivity contribution is 0.276. The lowest BCUT2D eigenvalue weighted by Gasteiger charge is -2.17. The van der Waals surface area contributed by atoms with Crippen LogP contribution in [0.4, 0.5) is 0 Å². The van der Waals surface area contributed by atoms with Gasteiger partial charge in [0.05, 0.1) is 13.7 Å². The molecule has 0 aliphatic heterocycles. The zero-order chi connectivity index (χ0) is 13.8. The van der Waals surface area contributed by atoms with E-state index in [1.54, 1.807) is 7.11 Å². The van der Waals surface area contributed by atoms with E-state index in [0.717, 1.165) is 24.5 Å². The van der Waals surface area contributed by atoms with Gasteiger partial charge in [0, 0.05) is 29.2 Å². The summed E-state index contributed by atoms with van der Waals surface area (Å²) in [6, 6.07) is 4.17. The Morgan fingerprint density at radius 1 is 1.37 bits per heavy atom. The third-order valence-electron chi connectivity index (χ3n) is 3.18. The molecule has 106 valence electrons. The smallest absolute Gasteiger partial charge is 0.165 e. The number of halogens is 1. The topological polar surface area (TPSA) is 30.5 Å². The molecule has 1 aliphatic carbocycles. The SMILES string of the molecule is COc1cc(Cl)cc(CNC(C)C)c1OCC1CC1. The van der Waals surface area contributed by atoms with Crippen molar-refractivity contribution in [2.75, 3.05) is 13.7 Å². The Balaban J connectivity index is 2.17. The monoisotopic (exact) mass is 283 g/mol. The molecule has 1 aromatic carbocycles. The fourth-order valence-corrected chi connectivity index (χ4v) is 2.10. The van der Waals surface area contributed by atoms with E-state index in [-0.39, 0.29) is 0 Å². The number of methoxy groups -OCH3 is 1. The number of nitrogens with one attached hydrogen (secondary N) is 1. The van der Waals surface area contributed by atoms with E-state index >= 15 is 0 Å². The van der Waals surface area contributed by atoms with E-state index in [1.807, 2.05) is 12.1 Å². The molecule has 3 nitrogen and oxygen atoms in total. The van der Waals surface area contributed by atoms with Gasteiger partial charge in [-0.05, 0) is 24.8 Å². The van der Waals surface area contributed by atoms with Gasteiger partial charge in [-0.1, -0.05) is 25.4 Å². The summed E-state index contributed by atoms with van der Waals surface area (Å²) in [7, 11) is 1.65. The first kappa shape index (κ1) is 14.5. The first-order valence-corrected chi connectivity index (χ1v) is 7.20. The summed E-state index contributed by atoms with van der Waals surface area (Å²) in [5.41, 5.74) is 1.05. The van der Waals surface area contributed by atoms with Gasteiger partial charge in [-0.3, -0.25) is 0 Å². The summed E-state index contributed by atoms with van der Waals surface area (Å²) in [6.45, 7) is 5.74. The molecule has 1 saturated carbocycles. The molecule has 1 aliphatic rings. The van der Waals surface area contributed by atoms with E-state index in [9.17, 15) is 0 Å². The minimum Gasteiger partial charge on any atom is -0.493 e. The molecule has 0 spiro atoms. The summed E-state index contributed by atoms with van der Waals surface area (Å²) in [6.07, 6.45) is 2.55. The molecule has 0 atom stereocenters. The molecule has 19 heavy (non-hydrogen) atoms. The Morgan fingerprint density at radius 3 is 2.68 bits per heavy atom. The fourth-order valence-electron chi connectivity index (χ4n) is 1.87. The van der Waals surface area contributed by atoms with E-state index in [2.05, 4.69) is 19.2 Å². The quantitative estimate of drug-likeness (QED) is 0.829. The van der Waals surface area contributed by atoms with E-state index in [1.165, 1.54) is 12.8 Å². The van der Waals surface area contributed by atoms with Crippen molar-refractivity contribution in [1.29, 1.82) is 0 Å². The van der Waals surface area contributed by atoms with E-state index in [4.69, 9.17) is 21.1 Å². The third-order valence-corrected chi connectivity index (χ3v) is 3.40. The van der Waals surface area contributed by atoms with Crippen molar-refractivity contribution in [2.45, 2.75) is 39.3 Å². The predicted octanol–water partition coefficient (Wildman–Crippen LogP) is 3.64. The van der Waals surface area contributed by atoms with Crippen LogP contribution in [0.5, 0.6) is 11.5 Å². The molecule has 0 heterocycles. The van der Waals surface area contributed by atoms with Gasteiger partial charge in [0.2, 0.25) is 0 Å². The predicted molar refractivity (Wildman–Crippen MR) is 78.2 cm³/mol. The average molecular weight is 284 g/mol. The van der Waals surface area contributed by atoms with Crippen LogP contribution in [0, 0.1) is 5.92 Å². The van der Waals surface area contributed by atoms with Crippen LogP contribution in [0.2, 0.25) is 5.02 Å². The van der Waals surface area contributed by atoms with Crippen LogP contribution in [-0.2, 0) is 6.54 Å². The highest BCUT2D eigenvalue weighted by Gasteiger charge is 2.23. The number of benzene rings is 1. The Hall–Kier alpha value is -0.930. The van der Waals surface area contributed by atoms with Crippen molar-refractivity contribution in [1.82, 2.24) is 5.32 Å². The molecule has 0 saturated heterocycles. The van der Waals surface area contributed by atoms with Crippen LogP contribution in [0.3, 0.4) is 0 Å². The molecule has 0 radical (unpaired) electrons. The van der Waals surface area contributed by atoms with Gasteiger partial charge in [0.15, 0.2) is 11.5 Å². The first-order chi connectivity index (χ1) is 9.10. The third kappa shape index (κ3) is 4.29. The van der Waals surface area contributed by atoms with Crippen LogP contribution in [-0.4, -0.2) is 19.8 Å². The molecular formula is C15H22ClNO2. The van der Waals surface area contributed by atoms with Crippen molar-refractivity contribution in [3.63, 3.8) is 0 Å². The standard InChI is InChI=1S/C15H22ClNO2/c1-10(2)17-8-12-6-13(16)7-14(18-3)15(12)19-9-11-4-5-11/h6-7,10-11,17H,4-5,8-9H2,1-3H3. The molecule has 1 aromatic rings. The fraction of sp³-hybridized carbons (Fsp3) is 0.600. The maximum absolute atomic E-state index is 6.13. The van der Waals surface area contributed by atoms with Crippen LogP contribution in [0.1, 0.15) is 32.3 Å².